The Labute approximate surface area is 124 Å². The van der Waals surface area contributed by atoms with Crippen molar-refractivity contribution in [2.24, 2.45) is 7.05 Å². The highest BCUT2D eigenvalue weighted by Crippen LogP contribution is 2.24. The summed E-state index contributed by atoms with van der Waals surface area (Å²) in [6.07, 6.45) is 5.61. The number of fused-ring (bicyclic) bond motifs is 1. The zero-order chi connectivity index (χ0) is 16.0. The van der Waals surface area contributed by atoms with E-state index in [4.69, 9.17) is 6.42 Å². The highest BCUT2D eigenvalue weighted by atomic mass is 19.1. The minimum Gasteiger partial charge on any atom is -0.295 e. The van der Waals surface area contributed by atoms with Gasteiger partial charge in [-0.1, -0.05) is 5.92 Å². The molecule has 22 heavy (non-hydrogen) atoms. The Bertz CT molecular complexity index is 917. The number of aryl methyl sites for hydroxylation is 1. The van der Waals surface area contributed by atoms with E-state index in [1.54, 1.807) is 0 Å². The number of carbonyl (C=O) groups is 2. The number of nitrogens with one attached hydrogen (secondary N) is 1. The largest absolute Gasteiger partial charge is 0.329 e. The number of halogens is 1. The Morgan fingerprint density at radius 3 is 2.68 bits per heavy atom. The zero-order valence-corrected chi connectivity index (χ0v) is 11.7. The Morgan fingerprint density at radius 2 is 2.05 bits per heavy atom. The average Bonchev–Trinajstić information content (AvgIpc) is 2.71. The van der Waals surface area contributed by atoms with E-state index in [0.29, 0.717) is 11.0 Å². The first-order valence-electron chi connectivity index (χ1n) is 6.65. The fourth-order valence-corrected chi connectivity index (χ4v) is 2.72. The van der Waals surface area contributed by atoms with Gasteiger partial charge in [-0.3, -0.25) is 24.0 Å². The van der Waals surface area contributed by atoms with E-state index in [1.165, 1.54) is 28.3 Å². The molecular weight excluding hydrogens is 289 g/mol. The number of imidazole rings is 1. The van der Waals surface area contributed by atoms with Crippen LogP contribution in [0.5, 0.6) is 0 Å². The van der Waals surface area contributed by atoms with Crippen LogP contribution in [-0.4, -0.2) is 20.9 Å². The molecule has 0 bridgehead atoms. The van der Waals surface area contributed by atoms with Crippen LogP contribution in [0.3, 0.4) is 0 Å². The van der Waals surface area contributed by atoms with Crippen molar-refractivity contribution in [2.75, 3.05) is 0 Å². The lowest BCUT2D eigenvalue weighted by molar-refractivity contribution is -0.135. The third-order valence-electron chi connectivity index (χ3n) is 3.86. The van der Waals surface area contributed by atoms with Crippen LogP contribution >= 0.6 is 0 Å². The molecule has 1 fully saturated rings. The summed E-state index contributed by atoms with van der Waals surface area (Å²) in [5.41, 5.74) is 0.264. The average molecular weight is 301 g/mol. The van der Waals surface area contributed by atoms with Gasteiger partial charge in [0.05, 0.1) is 16.6 Å². The highest BCUT2D eigenvalue weighted by molar-refractivity contribution is 6.00. The number of amides is 2. The fraction of sp³-hybridized carbons (Fsp3) is 0.267. The van der Waals surface area contributed by atoms with Gasteiger partial charge in [0, 0.05) is 19.5 Å². The van der Waals surface area contributed by atoms with E-state index in [2.05, 4.69) is 11.2 Å². The molecule has 1 aliphatic rings. The van der Waals surface area contributed by atoms with Gasteiger partial charge < -0.3 is 0 Å². The lowest BCUT2D eigenvalue weighted by Gasteiger charge is -2.21. The zero-order valence-electron chi connectivity index (χ0n) is 11.7. The van der Waals surface area contributed by atoms with Gasteiger partial charge in [0.15, 0.2) is 0 Å². The number of nitrogens with zero attached hydrogens (tertiary/aromatic N) is 2. The summed E-state index contributed by atoms with van der Waals surface area (Å²) in [6, 6.07) is 1.73. The molecule has 2 aromatic rings. The van der Waals surface area contributed by atoms with Gasteiger partial charge in [-0.2, -0.15) is 0 Å². The fourth-order valence-electron chi connectivity index (χ4n) is 2.72. The molecule has 2 heterocycles. The second kappa shape index (κ2) is 4.84. The molecule has 0 spiro atoms. The van der Waals surface area contributed by atoms with Gasteiger partial charge >= 0.3 is 5.69 Å². The molecule has 1 saturated heterocycles. The second-order valence-electron chi connectivity index (χ2n) is 5.14. The summed E-state index contributed by atoms with van der Waals surface area (Å²) in [5.74, 6) is 0.690. The monoisotopic (exact) mass is 301 g/mol. The first-order chi connectivity index (χ1) is 10.4. The van der Waals surface area contributed by atoms with Gasteiger partial charge in [0.1, 0.15) is 11.9 Å². The predicted molar refractivity (Wildman–Crippen MR) is 76.5 cm³/mol. The molecule has 1 atom stereocenters. The van der Waals surface area contributed by atoms with Crippen LogP contribution in [0.25, 0.3) is 11.0 Å². The predicted octanol–water partition coefficient (Wildman–Crippen LogP) is 0.438. The molecule has 0 aliphatic carbocycles. The van der Waals surface area contributed by atoms with Crippen LogP contribution in [0.15, 0.2) is 16.9 Å². The number of hydrogen-bond donors (Lipinski definition) is 1. The quantitative estimate of drug-likeness (QED) is 0.613. The summed E-state index contributed by atoms with van der Waals surface area (Å²) >= 11 is 0. The maximum atomic E-state index is 13.8. The van der Waals surface area contributed by atoms with Crippen molar-refractivity contribution >= 4 is 22.8 Å². The Morgan fingerprint density at radius 1 is 1.32 bits per heavy atom. The van der Waals surface area contributed by atoms with E-state index >= 15 is 0 Å². The van der Waals surface area contributed by atoms with Gasteiger partial charge in [0.2, 0.25) is 11.8 Å². The maximum absolute atomic E-state index is 13.8. The highest BCUT2D eigenvalue weighted by Gasteiger charge is 2.31. The molecule has 1 N–H and O–H groups in total. The van der Waals surface area contributed by atoms with E-state index in [0.717, 1.165) is 0 Å². The smallest absolute Gasteiger partial charge is 0.295 e. The Balaban J connectivity index is 2.28. The first-order valence-corrected chi connectivity index (χ1v) is 6.65. The van der Waals surface area contributed by atoms with E-state index in [1.807, 2.05) is 0 Å². The van der Waals surface area contributed by atoms with Crippen molar-refractivity contribution in [2.45, 2.75) is 18.9 Å². The van der Waals surface area contributed by atoms with Crippen molar-refractivity contribution < 1.29 is 14.0 Å². The number of terminal acetylenes is 1. The molecule has 0 radical (unpaired) electrons. The number of carbonyl (C=O) groups excluding carboxylic acids is 2. The van der Waals surface area contributed by atoms with Crippen molar-refractivity contribution in [1.29, 1.82) is 0 Å². The number of aromatic nitrogens is 2. The van der Waals surface area contributed by atoms with Crippen LogP contribution in [-0.2, 0) is 16.6 Å². The Kier molecular flexibility index (Phi) is 3.10. The van der Waals surface area contributed by atoms with E-state index in [-0.39, 0.29) is 24.3 Å². The number of imide groups is 1. The van der Waals surface area contributed by atoms with Gasteiger partial charge in [0.25, 0.3) is 0 Å². The normalized spacial score (nSPS) is 18.3. The second-order valence-corrected chi connectivity index (χ2v) is 5.14. The summed E-state index contributed by atoms with van der Waals surface area (Å²) in [6.45, 7) is 0. The van der Waals surface area contributed by atoms with Crippen molar-refractivity contribution in [3.05, 3.63) is 34.0 Å². The SMILES string of the molecule is C#Cc1cc2c(cc1F)n(C)c(=O)n2C1CCC(=O)NC1=O. The van der Waals surface area contributed by atoms with Crippen molar-refractivity contribution in [1.82, 2.24) is 14.5 Å². The molecule has 1 aliphatic heterocycles. The van der Waals surface area contributed by atoms with E-state index < -0.39 is 23.5 Å². The van der Waals surface area contributed by atoms with Gasteiger partial charge in [-0.05, 0) is 12.5 Å². The molecule has 0 saturated carbocycles. The number of piperidine rings is 1. The van der Waals surface area contributed by atoms with Crippen LogP contribution in [0, 0.1) is 18.2 Å². The summed E-state index contributed by atoms with van der Waals surface area (Å²) in [5, 5.41) is 2.21. The standard InChI is InChI=1S/C15H12FN3O3/c1-3-8-6-12-11(7-9(8)16)18(2)15(22)19(12)10-4-5-13(20)17-14(10)21/h1,6-7,10H,4-5H2,2H3,(H,17,20,21). The minimum atomic E-state index is -0.815. The summed E-state index contributed by atoms with van der Waals surface area (Å²) < 4.78 is 16.3. The lowest BCUT2D eigenvalue weighted by atomic mass is 10.1. The maximum Gasteiger partial charge on any atom is 0.329 e. The molecule has 112 valence electrons. The van der Waals surface area contributed by atoms with Crippen LogP contribution in [0.2, 0.25) is 0 Å². The molecule has 2 amide bonds. The third kappa shape index (κ3) is 1.92. The molecule has 6 nitrogen and oxygen atoms in total. The molecule has 7 heteroatoms. The van der Waals surface area contributed by atoms with Gasteiger partial charge in [-0.25, -0.2) is 9.18 Å². The lowest BCUT2D eigenvalue weighted by Crippen LogP contribution is -2.44. The summed E-state index contributed by atoms with van der Waals surface area (Å²) in [4.78, 5) is 35.7. The van der Waals surface area contributed by atoms with Crippen molar-refractivity contribution in [3.63, 3.8) is 0 Å². The third-order valence-corrected chi connectivity index (χ3v) is 3.86. The molecule has 1 aromatic heterocycles. The number of hydrogen-bond acceptors (Lipinski definition) is 3. The number of rotatable bonds is 1. The molecular formula is C15H12FN3O3. The van der Waals surface area contributed by atoms with E-state index in [9.17, 15) is 18.8 Å². The molecule has 1 unspecified atom stereocenters. The minimum absolute atomic E-state index is 0.0131. The molecule has 1 aromatic carbocycles. The summed E-state index contributed by atoms with van der Waals surface area (Å²) in [7, 11) is 1.49. The molecule has 3 rings (SSSR count). The first kappa shape index (κ1) is 14.1. The Hall–Kier alpha value is -2.88. The van der Waals surface area contributed by atoms with Crippen molar-refractivity contribution in [3.8, 4) is 12.3 Å². The number of benzene rings is 1. The van der Waals surface area contributed by atoms with Crippen LogP contribution in [0.4, 0.5) is 4.39 Å². The topological polar surface area (TPSA) is 73.1 Å². The van der Waals surface area contributed by atoms with Crippen LogP contribution < -0.4 is 11.0 Å². The van der Waals surface area contributed by atoms with Crippen LogP contribution in [0.1, 0.15) is 24.4 Å². The van der Waals surface area contributed by atoms with Gasteiger partial charge in [-0.15, -0.1) is 6.42 Å².